The van der Waals surface area contributed by atoms with E-state index in [2.05, 4.69) is 20.3 Å². The minimum absolute atomic E-state index is 0.126. The van der Waals surface area contributed by atoms with Gasteiger partial charge in [0, 0.05) is 41.0 Å². The highest BCUT2D eigenvalue weighted by molar-refractivity contribution is 6.35. The van der Waals surface area contributed by atoms with Crippen LogP contribution in [0.2, 0.25) is 5.02 Å². The number of nitrogens with zero attached hydrogens (tertiary/aromatic N) is 4. The average Bonchev–Trinajstić information content (AvgIpc) is 2.89. The van der Waals surface area contributed by atoms with Crippen molar-refractivity contribution in [3.8, 4) is 22.7 Å². The molecule has 3 N–H and O–H groups in total. The second-order valence-corrected chi connectivity index (χ2v) is 8.60. The summed E-state index contributed by atoms with van der Waals surface area (Å²) in [5.74, 6) is 1.14. The van der Waals surface area contributed by atoms with Gasteiger partial charge in [-0.15, -0.1) is 0 Å². The molecule has 0 aliphatic carbocycles. The molecule has 5 aromatic rings. The fourth-order valence-electron chi connectivity index (χ4n) is 4.16. The summed E-state index contributed by atoms with van der Waals surface area (Å²) in [6.45, 7) is 1.96. The first kappa shape index (κ1) is 23.3. The van der Waals surface area contributed by atoms with Crippen LogP contribution in [-0.4, -0.2) is 26.6 Å². The van der Waals surface area contributed by atoms with Crippen LogP contribution in [0.15, 0.2) is 83.9 Å². The number of anilines is 2. The molecule has 36 heavy (non-hydrogen) atoms. The number of benzene rings is 2. The normalized spacial score (nSPS) is 11.9. The Morgan fingerprint density at radius 1 is 1.03 bits per heavy atom. The van der Waals surface area contributed by atoms with Crippen molar-refractivity contribution in [3.05, 3.63) is 100 Å². The first-order valence-corrected chi connectivity index (χ1v) is 11.6. The van der Waals surface area contributed by atoms with Crippen LogP contribution in [0.5, 0.6) is 5.88 Å². The van der Waals surface area contributed by atoms with E-state index >= 15 is 0 Å². The molecule has 0 saturated heterocycles. The molecule has 0 fully saturated rings. The third-order valence-corrected chi connectivity index (χ3v) is 6.21. The Labute approximate surface area is 212 Å². The maximum absolute atomic E-state index is 13.7. The van der Waals surface area contributed by atoms with Crippen molar-refractivity contribution in [3.63, 3.8) is 0 Å². The molecular weight excluding hydrogens is 476 g/mol. The number of aromatic nitrogens is 4. The molecule has 1 atom stereocenters. The van der Waals surface area contributed by atoms with E-state index in [9.17, 15) is 4.79 Å². The number of nitrogen functional groups attached to an aromatic ring is 1. The quantitative estimate of drug-likeness (QED) is 0.328. The SMILES string of the molecule is COc1ccc(-c2cnc(N)nc2N[C@@H](C)c2cc3cccc(Cl)c3c(=O)n2-c2ccccc2)cn1. The number of pyridine rings is 2. The zero-order valence-electron chi connectivity index (χ0n) is 19.6. The Bertz CT molecular complexity index is 1600. The van der Waals surface area contributed by atoms with Crippen molar-refractivity contribution in [2.45, 2.75) is 13.0 Å². The molecule has 0 aliphatic heterocycles. The fraction of sp³-hybridized carbons (Fsp3) is 0.111. The van der Waals surface area contributed by atoms with E-state index in [4.69, 9.17) is 22.1 Å². The van der Waals surface area contributed by atoms with Crippen molar-refractivity contribution in [2.24, 2.45) is 0 Å². The highest BCUT2D eigenvalue weighted by Crippen LogP contribution is 2.31. The summed E-state index contributed by atoms with van der Waals surface area (Å²) in [5, 5.41) is 5.06. The molecule has 0 aliphatic rings. The van der Waals surface area contributed by atoms with Gasteiger partial charge in [-0.1, -0.05) is 41.9 Å². The molecule has 8 nitrogen and oxygen atoms in total. The number of para-hydroxylation sites is 1. The molecule has 3 heterocycles. The highest BCUT2D eigenvalue weighted by atomic mass is 35.5. The smallest absolute Gasteiger partial charge is 0.264 e. The number of nitrogens with one attached hydrogen (secondary N) is 1. The van der Waals surface area contributed by atoms with Gasteiger partial charge in [0.2, 0.25) is 11.8 Å². The van der Waals surface area contributed by atoms with Crippen molar-refractivity contribution >= 4 is 34.1 Å². The Morgan fingerprint density at radius 2 is 1.83 bits per heavy atom. The third-order valence-electron chi connectivity index (χ3n) is 5.90. The fourth-order valence-corrected chi connectivity index (χ4v) is 4.42. The molecule has 0 radical (unpaired) electrons. The first-order chi connectivity index (χ1) is 17.5. The van der Waals surface area contributed by atoms with E-state index in [-0.39, 0.29) is 17.5 Å². The lowest BCUT2D eigenvalue weighted by Gasteiger charge is -2.22. The number of halogens is 1. The van der Waals surface area contributed by atoms with Crippen LogP contribution >= 0.6 is 11.6 Å². The Hall–Kier alpha value is -4.43. The van der Waals surface area contributed by atoms with Crippen molar-refractivity contribution in [1.29, 1.82) is 0 Å². The van der Waals surface area contributed by atoms with Gasteiger partial charge in [-0.25, -0.2) is 9.97 Å². The topological polar surface area (TPSA) is 108 Å². The number of ether oxygens (including phenoxy) is 1. The van der Waals surface area contributed by atoms with Gasteiger partial charge >= 0.3 is 0 Å². The Kier molecular flexibility index (Phi) is 6.26. The van der Waals surface area contributed by atoms with Crippen LogP contribution in [0.1, 0.15) is 18.7 Å². The van der Waals surface area contributed by atoms with Crippen molar-refractivity contribution in [1.82, 2.24) is 19.5 Å². The largest absolute Gasteiger partial charge is 0.481 e. The third kappa shape index (κ3) is 4.34. The molecular formula is C27H23ClN6O2. The summed E-state index contributed by atoms with van der Waals surface area (Å²) in [6, 6.07) is 20.1. The minimum Gasteiger partial charge on any atom is -0.481 e. The standard InChI is InChI=1S/C27H23ClN6O2/c1-16(32-25-20(15-31-27(29)33-25)18-11-12-23(36-2)30-14-18)22-13-17-7-6-10-21(28)24(17)26(35)34(22)19-8-4-3-5-9-19/h3-16H,1-2H3,(H3,29,31,32,33)/t16-/m0/s1. The van der Waals surface area contributed by atoms with Crippen LogP contribution in [-0.2, 0) is 0 Å². The molecule has 0 saturated carbocycles. The van der Waals surface area contributed by atoms with Gasteiger partial charge in [-0.3, -0.25) is 9.36 Å². The maximum Gasteiger partial charge on any atom is 0.264 e. The second kappa shape index (κ2) is 9.67. The van der Waals surface area contributed by atoms with Gasteiger partial charge in [0.25, 0.3) is 5.56 Å². The lowest BCUT2D eigenvalue weighted by atomic mass is 10.1. The van der Waals surface area contributed by atoms with E-state index in [1.807, 2.05) is 61.5 Å². The van der Waals surface area contributed by atoms with E-state index in [1.165, 1.54) is 0 Å². The van der Waals surface area contributed by atoms with Crippen LogP contribution in [0.3, 0.4) is 0 Å². The minimum atomic E-state index is -0.347. The van der Waals surface area contributed by atoms with Crippen LogP contribution < -0.4 is 21.3 Å². The highest BCUT2D eigenvalue weighted by Gasteiger charge is 2.20. The molecule has 5 rings (SSSR count). The summed E-state index contributed by atoms with van der Waals surface area (Å²) in [7, 11) is 1.56. The Balaban J connectivity index is 1.64. The van der Waals surface area contributed by atoms with Gasteiger partial charge in [0.05, 0.1) is 23.6 Å². The van der Waals surface area contributed by atoms with E-state index in [1.54, 1.807) is 36.2 Å². The van der Waals surface area contributed by atoms with Gasteiger partial charge in [0.1, 0.15) is 5.82 Å². The molecule has 3 aromatic heterocycles. The van der Waals surface area contributed by atoms with E-state index in [0.717, 1.165) is 22.3 Å². The van der Waals surface area contributed by atoms with Crippen LogP contribution in [0.25, 0.3) is 27.6 Å². The summed E-state index contributed by atoms with van der Waals surface area (Å²) in [6.07, 6.45) is 3.33. The first-order valence-electron chi connectivity index (χ1n) is 11.3. The van der Waals surface area contributed by atoms with Gasteiger partial charge < -0.3 is 15.8 Å². The van der Waals surface area contributed by atoms with E-state index in [0.29, 0.717) is 27.7 Å². The van der Waals surface area contributed by atoms with E-state index < -0.39 is 0 Å². The number of fused-ring (bicyclic) bond motifs is 1. The Morgan fingerprint density at radius 3 is 2.56 bits per heavy atom. The lowest BCUT2D eigenvalue weighted by molar-refractivity contribution is 0.398. The maximum atomic E-state index is 13.7. The predicted octanol–water partition coefficient (Wildman–Crippen LogP) is 5.26. The van der Waals surface area contributed by atoms with Crippen molar-refractivity contribution in [2.75, 3.05) is 18.2 Å². The zero-order valence-corrected chi connectivity index (χ0v) is 20.4. The molecule has 0 bridgehead atoms. The molecule has 0 unspecified atom stereocenters. The lowest BCUT2D eigenvalue weighted by Crippen LogP contribution is -2.26. The predicted molar refractivity (Wildman–Crippen MR) is 143 cm³/mol. The number of hydrogen-bond donors (Lipinski definition) is 2. The molecule has 180 valence electrons. The average molecular weight is 499 g/mol. The summed E-state index contributed by atoms with van der Waals surface area (Å²) < 4.78 is 6.84. The zero-order chi connectivity index (χ0) is 25.2. The summed E-state index contributed by atoms with van der Waals surface area (Å²) in [5.41, 5.74) is 8.70. The summed E-state index contributed by atoms with van der Waals surface area (Å²) >= 11 is 6.44. The molecule has 2 aromatic carbocycles. The number of methoxy groups -OCH3 is 1. The monoisotopic (exact) mass is 498 g/mol. The molecule has 0 spiro atoms. The van der Waals surface area contributed by atoms with Gasteiger partial charge in [-0.05, 0) is 42.6 Å². The van der Waals surface area contributed by atoms with Gasteiger partial charge in [-0.2, -0.15) is 4.98 Å². The van der Waals surface area contributed by atoms with Gasteiger partial charge in [0.15, 0.2) is 0 Å². The summed E-state index contributed by atoms with van der Waals surface area (Å²) in [4.78, 5) is 26.6. The number of hydrogen-bond acceptors (Lipinski definition) is 7. The van der Waals surface area contributed by atoms with Crippen molar-refractivity contribution < 1.29 is 4.74 Å². The van der Waals surface area contributed by atoms with Crippen LogP contribution in [0, 0.1) is 0 Å². The number of rotatable bonds is 6. The number of nitrogens with two attached hydrogens (primary N) is 1. The van der Waals surface area contributed by atoms with Crippen LogP contribution in [0.4, 0.5) is 11.8 Å². The second-order valence-electron chi connectivity index (χ2n) is 8.20. The molecule has 0 amide bonds. The molecule has 9 heteroatoms.